The highest BCUT2D eigenvalue weighted by Crippen LogP contribution is 2.45. The van der Waals surface area contributed by atoms with E-state index in [1.54, 1.807) is 0 Å². The predicted octanol–water partition coefficient (Wildman–Crippen LogP) is 3.57. The van der Waals surface area contributed by atoms with Gasteiger partial charge in [-0.15, -0.1) is 0 Å². The van der Waals surface area contributed by atoms with Crippen molar-refractivity contribution in [2.75, 3.05) is 0 Å². The van der Waals surface area contributed by atoms with Gasteiger partial charge in [-0.2, -0.15) is 5.26 Å². The Morgan fingerprint density at radius 3 is 2.87 bits per heavy atom. The zero-order valence-electron chi connectivity index (χ0n) is 9.25. The summed E-state index contributed by atoms with van der Waals surface area (Å²) in [6, 6.07) is 10.7. The summed E-state index contributed by atoms with van der Waals surface area (Å²) < 4.78 is 0. The van der Waals surface area contributed by atoms with Crippen LogP contribution in [0, 0.1) is 16.7 Å². The molecule has 1 aromatic carbocycles. The van der Waals surface area contributed by atoms with E-state index in [-0.39, 0.29) is 5.41 Å². The quantitative estimate of drug-likeness (QED) is 0.675. The third-order valence-electron chi connectivity index (χ3n) is 3.07. The van der Waals surface area contributed by atoms with Crippen LogP contribution in [0.15, 0.2) is 30.3 Å². The average Bonchev–Trinajstić information content (AvgIpc) is 2.45. The fourth-order valence-electron chi connectivity index (χ4n) is 2.41. The Bertz CT molecular complexity index is 447. The Kier molecular flexibility index (Phi) is 2.36. The van der Waals surface area contributed by atoms with E-state index in [9.17, 15) is 0 Å². The maximum atomic E-state index is 8.65. The first-order chi connectivity index (χ1) is 7.15. The normalized spacial score (nSPS) is 19.9. The van der Waals surface area contributed by atoms with Crippen molar-refractivity contribution < 1.29 is 0 Å². The molecule has 76 valence electrons. The molecule has 0 heterocycles. The summed E-state index contributed by atoms with van der Waals surface area (Å²) in [5.41, 5.74) is 4.25. The second-order valence-electron chi connectivity index (χ2n) is 4.70. The number of rotatable bonds is 1. The summed E-state index contributed by atoms with van der Waals surface area (Å²) in [6.07, 6.45) is 3.67. The molecule has 15 heavy (non-hydrogen) atoms. The summed E-state index contributed by atoms with van der Waals surface area (Å²) >= 11 is 0. The van der Waals surface area contributed by atoms with Crippen molar-refractivity contribution >= 4 is 5.57 Å². The molecule has 0 spiro atoms. The van der Waals surface area contributed by atoms with Gasteiger partial charge in [0.15, 0.2) is 0 Å². The van der Waals surface area contributed by atoms with Crippen LogP contribution in [-0.2, 0) is 6.42 Å². The first-order valence-electron chi connectivity index (χ1n) is 5.31. The van der Waals surface area contributed by atoms with Crippen molar-refractivity contribution in [3.05, 3.63) is 41.5 Å². The number of nitriles is 1. The van der Waals surface area contributed by atoms with E-state index in [1.165, 1.54) is 16.7 Å². The SMILES string of the molecule is CC1(C)Cc2ccccc2C1=CCC#N. The molecule has 0 bridgehead atoms. The van der Waals surface area contributed by atoms with Crippen LogP contribution in [0.25, 0.3) is 5.57 Å². The van der Waals surface area contributed by atoms with Crippen LogP contribution in [0.2, 0.25) is 0 Å². The Labute approximate surface area is 91.0 Å². The number of fused-ring (bicyclic) bond motifs is 1. The third kappa shape index (κ3) is 1.68. The van der Waals surface area contributed by atoms with E-state index in [2.05, 4.69) is 50.3 Å². The molecule has 0 amide bonds. The van der Waals surface area contributed by atoms with E-state index >= 15 is 0 Å². The monoisotopic (exact) mass is 197 g/mol. The fourth-order valence-corrected chi connectivity index (χ4v) is 2.41. The van der Waals surface area contributed by atoms with Gasteiger partial charge in [-0.25, -0.2) is 0 Å². The molecule has 0 aliphatic heterocycles. The molecule has 1 aliphatic carbocycles. The zero-order chi connectivity index (χ0) is 10.9. The minimum atomic E-state index is 0.181. The van der Waals surface area contributed by atoms with Crippen LogP contribution in [0.3, 0.4) is 0 Å². The molecule has 0 saturated heterocycles. The van der Waals surface area contributed by atoms with Crippen LogP contribution in [0.5, 0.6) is 0 Å². The van der Waals surface area contributed by atoms with Gasteiger partial charge in [0.1, 0.15) is 0 Å². The lowest BCUT2D eigenvalue weighted by Crippen LogP contribution is -2.09. The largest absolute Gasteiger partial charge is 0.198 e. The molecule has 0 N–H and O–H groups in total. The van der Waals surface area contributed by atoms with Gasteiger partial charge in [-0.3, -0.25) is 0 Å². The van der Waals surface area contributed by atoms with E-state index in [1.807, 2.05) is 0 Å². The molecule has 2 rings (SSSR count). The molecule has 0 unspecified atom stereocenters. The average molecular weight is 197 g/mol. The van der Waals surface area contributed by atoms with Gasteiger partial charge in [0, 0.05) is 0 Å². The van der Waals surface area contributed by atoms with E-state index in [4.69, 9.17) is 5.26 Å². The first kappa shape index (κ1) is 9.98. The predicted molar refractivity (Wildman–Crippen MR) is 62.1 cm³/mol. The standard InChI is InChI=1S/C14H15N/c1-14(2)10-11-6-3-4-7-12(11)13(14)8-5-9-15/h3-4,6-8H,5,10H2,1-2H3. The molecule has 0 atom stereocenters. The Hall–Kier alpha value is -1.55. The molecule has 1 aliphatic rings. The highest BCUT2D eigenvalue weighted by molar-refractivity contribution is 5.76. The van der Waals surface area contributed by atoms with Crippen molar-refractivity contribution in [3.8, 4) is 6.07 Å². The van der Waals surface area contributed by atoms with Gasteiger partial charge in [0.05, 0.1) is 12.5 Å². The zero-order valence-corrected chi connectivity index (χ0v) is 9.25. The number of hydrogen-bond acceptors (Lipinski definition) is 1. The van der Waals surface area contributed by atoms with Crippen molar-refractivity contribution in [2.45, 2.75) is 26.7 Å². The van der Waals surface area contributed by atoms with Gasteiger partial charge < -0.3 is 0 Å². The van der Waals surface area contributed by atoms with Crippen LogP contribution < -0.4 is 0 Å². The highest BCUT2D eigenvalue weighted by atomic mass is 14.4. The Balaban J connectivity index is 2.49. The van der Waals surface area contributed by atoms with Crippen LogP contribution in [0.1, 0.15) is 31.4 Å². The molecular formula is C14H15N. The van der Waals surface area contributed by atoms with Gasteiger partial charge in [0.2, 0.25) is 0 Å². The minimum Gasteiger partial charge on any atom is -0.198 e. The molecule has 1 nitrogen and oxygen atoms in total. The second-order valence-corrected chi connectivity index (χ2v) is 4.70. The number of benzene rings is 1. The van der Waals surface area contributed by atoms with E-state index in [0.717, 1.165) is 6.42 Å². The lowest BCUT2D eigenvalue weighted by molar-refractivity contribution is 0.520. The molecule has 0 aromatic heterocycles. The Morgan fingerprint density at radius 2 is 2.13 bits per heavy atom. The summed E-state index contributed by atoms with van der Waals surface area (Å²) in [5, 5.41) is 8.65. The van der Waals surface area contributed by atoms with Crippen LogP contribution in [-0.4, -0.2) is 0 Å². The summed E-state index contributed by atoms with van der Waals surface area (Å²) in [4.78, 5) is 0. The van der Waals surface area contributed by atoms with Crippen LogP contribution in [0.4, 0.5) is 0 Å². The van der Waals surface area contributed by atoms with Crippen molar-refractivity contribution in [1.82, 2.24) is 0 Å². The lowest BCUT2D eigenvalue weighted by atomic mass is 9.84. The highest BCUT2D eigenvalue weighted by Gasteiger charge is 2.32. The lowest BCUT2D eigenvalue weighted by Gasteiger charge is -2.19. The molecular weight excluding hydrogens is 182 g/mol. The first-order valence-corrected chi connectivity index (χ1v) is 5.31. The van der Waals surface area contributed by atoms with E-state index < -0.39 is 0 Å². The maximum absolute atomic E-state index is 8.65. The smallest absolute Gasteiger partial charge is 0.0663 e. The van der Waals surface area contributed by atoms with Crippen molar-refractivity contribution in [1.29, 1.82) is 5.26 Å². The third-order valence-corrected chi connectivity index (χ3v) is 3.07. The molecule has 0 radical (unpaired) electrons. The van der Waals surface area contributed by atoms with Gasteiger partial charge in [-0.05, 0) is 28.5 Å². The molecule has 1 heteroatoms. The molecule has 1 aromatic rings. The van der Waals surface area contributed by atoms with Gasteiger partial charge >= 0.3 is 0 Å². The van der Waals surface area contributed by atoms with Crippen molar-refractivity contribution in [2.24, 2.45) is 5.41 Å². The summed E-state index contributed by atoms with van der Waals surface area (Å²) in [5.74, 6) is 0. The topological polar surface area (TPSA) is 23.8 Å². The second kappa shape index (κ2) is 3.55. The molecule has 0 saturated carbocycles. The minimum absolute atomic E-state index is 0.181. The number of hydrogen-bond donors (Lipinski definition) is 0. The maximum Gasteiger partial charge on any atom is 0.0663 e. The van der Waals surface area contributed by atoms with Crippen LogP contribution >= 0.6 is 0 Å². The van der Waals surface area contributed by atoms with Gasteiger partial charge in [0.25, 0.3) is 0 Å². The Morgan fingerprint density at radius 1 is 1.40 bits per heavy atom. The fraction of sp³-hybridized carbons (Fsp3) is 0.357. The summed E-state index contributed by atoms with van der Waals surface area (Å²) in [6.45, 7) is 4.49. The molecule has 0 fully saturated rings. The summed E-state index contributed by atoms with van der Waals surface area (Å²) in [7, 11) is 0. The van der Waals surface area contributed by atoms with E-state index in [0.29, 0.717) is 6.42 Å². The number of nitrogens with zero attached hydrogens (tertiary/aromatic N) is 1. The van der Waals surface area contributed by atoms with Gasteiger partial charge in [-0.1, -0.05) is 44.2 Å². The van der Waals surface area contributed by atoms with Crippen molar-refractivity contribution in [3.63, 3.8) is 0 Å². The number of allylic oxidation sites excluding steroid dienone is 2.